The normalized spacial score (nSPS) is 17.9. The minimum Gasteiger partial charge on any atom is -0.478 e. The lowest BCUT2D eigenvalue weighted by molar-refractivity contribution is -0.117. The Morgan fingerprint density at radius 2 is 2.35 bits per heavy atom. The molecule has 1 atom stereocenters. The lowest BCUT2D eigenvalue weighted by atomic mass is 10.1. The highest BCUT2D eigenvalue weighted by Gasteiger charge is 2.31. The molecule has 0 spiro atoms. The Morgan fingerprint density at radius 3 is 2.95 bits per heavy atom. The number of nitrogens with zero attached hydrogens (tertiary/aromatic N) is 4. The molecule has 1 unspecified atom stereocenters. The van der Waals surface area contributed by atoms with Crippen molar-refractivity contribution in [3.63, 3.8) is 0 Å². The lowest BCUT2D eigenvalue weighted by Gasteiger charge is -2.18. The Balaban J connectivity index is 2.21. The molecular formula is C12H11BrN4O3. The third-order valence-electron chi connectivity index (χ3n) is 3.09. The van der Waals surface area contributed by atoms with Gasteiger partial charge < -0.3 is 10.0 Å². The van der Waals surface area contributed by atoms with Crippen LogP contribution in [0.5, 0.6) is 0 Å². The fourth-order valence-corrected chi connectivity index (χ4v) is 2.74. The first kappa shape index (κ1) is 14.4. The Bertz CT molecular complexity index is 613. The lowest BCUT2D eigenvalue weighted by Crippen LogP contribution is -2.25. The molecule has 2 rings (SSSR count). The Labute approximate surface area is 122 Å². The van der Waals surface area contributed by atoms with Crippen LogP contribution in [0.3, 0.4) is 0 Å². The molecule has 8 heteroatoms. The molecule has 1 saturated heterocycles. The van der Waals surface area contributed by atoms with E-state index < -0.39 is 5.97 Å². The number of aromatic carboxylic acids is 1. The number of anilines is 1. The van der Waals surface area contributed by atoms with Gasteiger partial charge in [-0.3, -0.25) is 4.79 Å². The molecule has 1 N–H and O–H groups in total. The van der Waals surface area contributed by atoms with Crippen molar-refractivity contribution in [2.75, 3.05) is 18.0 Å². The number of halogens is 1. The summed E-state index contributed by atoms with van der Waals surface area (Å²) in [6.07, 6.45) is 0.326. The van der Waals surface area contributed by atoms with E-state index in [4.69, 9.17) is 10.6 Å². The maximum atomic E-state index is 12.0. The Kier molecular flexibility index (Phi) is 4.26. The van der Waals surface area contributed by atoms with Gasteiger partial charge in [-0.25, -0.2) is 4.79 Å². The van der Waals surface area contributed by atoms with Gasteiger partial charge in [0, 0.05) is 28.9 Å². The smallest absolute Gasteiger partial charge is 0.335 e. The van der Waals surface area contributed by atoms with Crippen LogP contribution in [0.2, 0.25) is 0 Å². The molecule has 1 heterocycles. The number of azide groups is 1. The molecule has 1 amide bonds. The van der Waals surface area contributed by atoms with Crippen LogP contribution in [0.15, 0.2) is 27.8 Å². The number of carbonyl (C=O) groups excluding carboxylic acids is 1. The monoisotopic (exact) mass is 338 g/mol. The fraction of sp³-hybridized carbons (Fsp3) is 0.333. The summed E-state index contributed by atoms with van der Waals surface area (Å²) in [5.74, 6) is -1.09. The molecule has 1 fully saturated rings. The molecule has 1 aromatic carbocycles. The van der Waals surface area contributed by atoms with Crippen LogP contribution in [0.4, 0.5) is 5.69 Å². The van der Waals surface area contributed by atoms with E-state index >= 15 is 0 Å². The SMILES string of the molecule is [N-]=[N+]=NCC1CC(=O)N(c2ccc(C(=O)O)cc2Br)C1. The quantitative estimate of drug-likeness (QED) is 0.518. The number of benzene rings is 1. The number of carboxylic acids is 1. The molecule has 0 aromatic heterocycles. The molecule has 1 aliphatic heterocycles. The van der Waals surface area contributed by atoms with Crippen molar-refractivity contribution in [1.29, 1.82) is 0 Å². The van der Waals surface area contributed by atoms with Crippen LogP contribution in [-0.4, -0.2) is 30.1 Å². The van der Waals surface area contributed by atoms with Crippen molar-refractivity contribution in [2.24, 2.45) is 11.0 Å². The van der Waals surface area contributed by atoms with Gasteiger partial charge in [0.1, 0.15) is 0 Å². The van der Waals surface area contributed by atoms with Crippen LogP contribution >= 0.6 is 15.9 Å². The van der Waals surface area contributed by atoms with E-state index in [-0.39, 0.29) is 23.9 Å². The van der Waals surface area contributed by atoms with Gasteiger partial charge in [-0.1, -0.05) is 5.11 Å². The Morgan fingerprint density at radius 1 is 1.60 bits per heavy atom. The fourth-order valence-electron chi connectivity index (χ4n) is 2.15. The maximum Gasteiger partial charge on any atom is 0.335 e. The van der Waals surface area contributed by atoms with Crippen LogP contribution in [-0.2, 0) is 4.79 Å². The van der Waals surface area contributed by atoms with E-state index in [1.807, 2.05) is 0 Å². The minimum atomic E-state index is -1.02. The molecule has 104 valence electrons. The van der Waals surface area contributed by atoms with Gasteiger partial charge in [0.25, 0.3) is 0 Å². The maximum absolute atomic E-state index is 12.0. The van der Waals surface area contributed by atoms with Crippen LogP contribution in [0.1, 0.15) is 16.8 Å². The van der Waals surface area contributed by atoms with Crippen LogP contribution in [0.25, 0.3) is 10.4 Å². The highest BCUT2D eigenvalue weighted by Crippen LogP contribution is 2.32. The highest BCUT2D eigenvalue weighted by atomic mass is 79.9. The summed E-state index contributed by atoms with van der Waals surface area (Å²) in [5.41, 5.74) is 9.08. The zero-order valence-corrected chi connectivity index (χ0v) is 11.9. The molecular weight excluding hydrogens is 328 g/mol. The molecule has 0 bridgehead atoms. The second kappa shape index (κ2) is 5.94. The zero-order chi connectivity index (χ0) is 14.7. The highest BCUT2D eigenvalue weighted by molar-refractivity contribution is 9.10. The number of rotatable bonds is 4. The molecule has 7 nitrogen and oxygen atoms in total. The van der Waals surface area contributed by atoms with E-state index in [0.717, 1.165) is 0 Å². The van der Waals surface area contributed by atoms with Crippen LogP contribution in [0, 0.1) is 5.92 Å². The van der Waals surface area contributed by atoms with Crippen molar-refractivity contribution in [1.82, 2.24) is 0 Å². The molecule has 20 heavy (non-hydrogen) atoms. The van der Waals surface area contributed by atoms with Crippen molar-refractivity contribution in [3.05, 3.63) is 38.7 Å². The summed E-state index contributed by atoms with van der Waals surface area (Å²) in [6, 6.07) is 4.52. The van der Waals surface area contributed by atoms with E-state index in [1.54, 1.807) is 11.0 Å². The van der Waals surface area contributed by atoms with E-state index in [9.17, 15) is 9.59 Å². The van der Waals surface area contributed by atoms with Crippen LogP contribution < -0.4 is 4.90 Å². The third-order valence-corrected chi connectivity index (χ3v) is 3.73. The van der Waals surface area contributed by atoms with Gasteiger partial charge in [0.15, 0.2) is 0 Å². The summed E-state index contributed by atoms with van der Waals surface area (Å²) in [7, 11) is 0. The first-order chi connectivity index (χ1) is 9.52. The van der Waals surface area contributed by atoms with Crippen molar-refractivity contribution in [3.8, 4) is 0 Å². The first-order valence-electron chi connectivity index (χ1n) is 5.87. The average Bonchev–Trinajstić information content (AvgIpc) is 2.77. The number of amides is 1. The predicted molar refractivity (Wildman–Crippen MR) is 75.6 cm³/mol. The molecule has 0 radical (unpaired) electrons. The standard InChI is InChI=1S/C12H11BrN4O3/c13-9-4-8(12(19)20)1-2-10(9)17-6-7(3-11(17)18)5-15-16-14/h1-2,4,7H,3,5-6H2,(H,19,20). The number of hydrogen-bond acceptors (Lipinski definition) is 3. The molecule has 1 aliphatic rings. The topological polar surface area (TPSA) is 106 Å². The second-order valence-corrected chi connectivity index (χ2v) is 5.31. The molecule has 0 saturated carbocycles. The summed E-state index contributed by atoms with van der Waals surface area (Å²) in [5, 5.41) is 12.4. The summed E-state index contributed by atoms with van der Waals surface area (Å²) >= 11 is 3.29. The number of carboxylic acid groups (broad SMARTS) is 1. The van der Waals surface area contributed by atoms with E-state index in [0.29, 0.717) is 23.1 Å². The average molecular weight is 339 g/mol. The molecule has 0 aliphatic carbocycles. The summed E-state index contributed by atoms with van der Waals surface area (Å²) < 4.78 is 0.551. The number of carbonyl (C=O) groups is 2. The van der Waals surface area contributed by atoms with Gasteiger partial charge in [-0.2, -0.15) is 0 Å². The summed E-state index contributed by atoms with van der Waals surface area (Å²) in [6.45, 7) is 0.742. The van der Waals surface area contributed by atoms with Crippen molar-refractivity contribution in [2.45, 2.75) is 6.42 Å². The van der Waals surface area contributed by atoms with E-state index in [2.05, 4.69) is 26.0 Å². The van der Waals surface area contributed by atoms with E-state index in [1.165, 1.54) is 12.1 Å². The first-order valence-corrected chi connectivity index (χ1v) is 6.66. The Hall–Kier alpha value is -2.05. The summed E-state index contributed by atoms with van der Waals surface area (Å²) in [4.78, 5) is 27.1. The van der Waals surface area contributed by atoms with Gasteiger partial charge in [0.05, 0.1) is 11.3 Å². The van der Waals surface area contributed by atoms with Gasteiger partial charge >= 0.3 is 5.97 Å². The van der Waals surface area contributed by atoms with Gasteiger partial charge in [-0.05, 0) is 45.6 Å². The van der Waals surface area contributed by atoms with Gasteiger partial charge in [-0.15, -0.1) is 0 Å². The minimum absolute atomic E-state index is 0.00977. The van der Waals surface area contributed by atoms with Gasteiger partial charge in [0.2, 0.25) is 5.91 Å². The van der Waals surface area contributed by atoms with Crippen molar-refractivity contribution < 1.29 is 14.7 Å². The largest absolute Gasteiger partial charge is 0.478 e. The molecule has 1 aromatic rings. The second-order valence-electron chi connectivity index (χ2n) is 4.46. The third kappa shape index (κ3) is 2.92. The zero-order valence-electron chi connectivity index (χ0n) is 10.4. The predicted octanol–water partition coefficient (Wildman–Crippen LogP) is 2.81. The number of hydrogen-bond donors (Lipinski definition) is 1. The van der Waals surface area contributed by atoms with Crippen molar-refractivity contribution >= 4 is 33.5 Å².